The van der Waals surface area contributed by atoms with E-state index in [4.69, 9.17) is 19.2 Å². The van der Waals surface area contributed by atoms with Crippen molar-refractivity contribution in [3.63, 3.8) is 0 Å². The number of fused-ring (bicyclic) bond motifs is 1. The van der Waals surface area contributed by atoms with Gasteiger partial charge < -0.3 is 34.4 Å². The molecular formula is C45H54N8O8. The summed E-state index contributed by atoms with van der Waals surface area (Å²) in [5.41, 5.74) is 5.47. The molecule has 0 aliphatic carbocycles. The Kier molecular flexibility index (Phi) is 12.0. The molecule has 3 N–H and O–H groups in total. The first kappa shape index (κ1) is 41.7. The second-order valence-corrected chi connectivity index (χ2v) is 17.0. The highest BCUT2D eigenvalue weighted by Gasteiger charge is 2.50. The van der Waals surface area contributed by atoms with Gasteiger partial charge in [-0.2, -0.15) is 0 Å². The van der Waals surface area contributed by atoms with Crippen LogP contribution in [0.15, 0.2) is 60.9 Å². The molecule has 0 unspecified atom stereocenters. The molecular weight excluding hydrogens is 781 g/mol. The maximum Gasteiger partial charge on any atom is 0.407 e. The second kappa shape index (κ2) is 17.5. The molecule has 4 amide bonds. The molecule has 16 nitrogen and oxygen atoms in total. The Bertz CT molecular complexity index is 2250. The number of likely N-dealkylation sites (tertiary alicyclic amines) is 1. The van der Waals surface area contributed by atoms with E-state index in [1.807, 2.05) is 61.3 Å². The van der Waals surface area contributed by atoms with E-state index in [9.17, 15) is 24.0 Å². The number of hydrazine groups is 1. The summed E-state index contributed by atoms with van der Waals surface area (Å²) in [6.45, 7) is 6.14. The van der Waals surface area contributed by atoms with Crippen molar-refractivity contribution in [2.75, 3.05) is 40.5 Å². The lowest BCUT2D eigenvalue weighted by Crippen LogP contribution is -2.54. The number of nitrogens with one attached hydrogen (secondary N) is 3. The molecule has 322 valence electrons. The molecule has 2 aromatic heterocycles. The number of amides is 4. The van der Waals surface area contributed by atoms with Crippen molar-refractivity contribution >= 4 is 29.8 Å². The van der Waals surface area contributed by atoms with Gasteiger partial charge in [-0.25, -0.2) is 19.8 Å². The van der Waals surface area contributed by atoms with Gasteiger partial charge in [-0.05, 0) is 72.1 Å². The maximum atomic E-state index is 14.1. The first-order valence-electron chi connectivity index (χ1n) is 21.2. The van der Waals surface area contributed by atoms with Gasteiger partial charge in [0.1, 0.15) is 23.7 Å². The standard InChI is InChI=1S/C45H54N8O8/c1-27(2)39(50-44(58)60-4)43(57)51-26-45(17-20-61-21-18-45)23-36(51)41-47-25-34(49-41)31-13-9-29(10-14-31)28-7-11-30(12-8-28)33-24-46-40(48-33)35-6-5-19-52-37(54)16-15-32(22-38(55)59-3)42(56)53(35)52/h7-14,24-25,27,32,35-36,39H,5-6,15-23,26H2,1-4H3,(H,46,48)(H,47,49)(H,50,58)/t32-,35+,36+,39+/m1/s1. The number of methoxy groups -OCH3 is 2. The third kappa shape index (κ3) is 8.50. The molecule has 2 aromatic carbocycles. The minimum atomic E-state index is -0.736. The number of benzene rings is 2. The molecule has 4 aliphatic rings. The Labute approximate surface area is 354 Å². The van der Waals surface area contributed by atoms with Crippen LogP contribution in [0.5, 0.6) is 0 Å². The molecule has 16 heteroatoms. The Balaban J connectivity index is 0.965. The summed E-state index contributed by atoms with van der Waals surface area (Å²) < 4.78 is 15.4. The van der Waals surface area contributed by atoms with E-state index < -0.39 is 30.1 Å². The first-order valence-corrected chi connectivity index (χ1v) is 21.2. The van der Waals surface area contributed by atoms with Crippen molar-refractivity contribution in [1.82, 2.24) is 40.2 Å². The summed E-state index contributed by atoms with van der Waals surface area (Å²) in [5.74, 6) is -0.491. The van der Waals surface area contributed by atoms with Crippen molar-refractivity contribution in [3.05, 3.63) is 72.6 Å². The van der Waals surface area contributed by atoms with Crippen molar-refractivity contribution in [2.24, 2.45) is 17.3 Å². The first-order chi connectivity index (χ1) is 29.5. The molecule has 6 heterocycles. The Morgan fingerprint density at radius 3 is 2.02 bits per heavy atom. The van der Waals surface area contributed by atoms with Gasteiger partial charge in [-0.15, -0.1) is 0 Å². The number of hydrogen-bond acceptors (Lipinski definition) is 10. The SMILES string of the molecule is COC(=O)C[C@H]1CCC(=O)N2CCC[C@@H](c3ncc(-c4ccc(-c5ccc(-c6cnc([C@@H]7CC8(CCOCC8)CN7C(=O)[C@@H](NC(=O)OC)C(C)C)[nH]6)cc5)cc4)[nH]3)N2C1=O. The zero-order valence-corrected chi connectivity index (χ0v) is 35.1. The number of esters is 1. The van der Waals surface area contributed by atoms with E-state index in [0.29, 0.717) is 50.8 Å². The zero-order valence-electron chi connectivity index (χ0n) is 35.1. The number of alkyl carbamates (subject to hydrolysis) is 1. The van der Waals surface area contributed by atoms with E-state index in [0.717, 1.165) is 59.3 Å². The topological polar surface area (TPSA) is 192 Å². The molecule has 8 rings (SSSR count). The number of nitrogens with zero attached hydrogens (tertiary/aromatic N) is 5. The molecule has 4 saturated heterocycles. The maximum absolute atomic E-state index is 14.1. The molecule has 1 spiro atoms. The number of carbonyl (C=O) groups is 5. The largest absolute Gasteiger partial charge is 0.469 e. The average Bonchev–Trinajstić information content (AvgIpc) is 4.05. The molecule has 61 heavy (non-hydrogen) atoms. The van der Waals surface area contributed by atoms with E-state index >= 15 is 0 Å². The Morgan fingerprint density at radius 1 is 0.852 bits per heavy atom. The smallest absolute Gasteiger partial charge is 0.407 e. The Morgan fingerprint density at radius 2 is 1.44 bits per heavy atom. The normalized spacial score (nSPS) is 21.9. The number of aromatic amines is 2. The number of carbonyl (C=O) groups excluding carboxylic acids is 5. The molecule has 4 aromatic rings. The summed E-state index contributed by atoms with van der Waals surface area (Å²) >= 11 is 0. The van der Waals surface area contributed by atoms with Crippen LogP contribution in [-0.2, 0) is 33.4 Å². The van der Waals surface area contributed by atoms with Gasteiger partial charge in [0.25, 0.3) is 0 Å². The predicted molar refractivity (Wildman–Crippen MR) is 223 cm³/mol. The predicted octanol–water partition coefficient (Wildman–Crippen LogP) is 5.96. The van der Waals surface area contributed by atoms with E-state index in [2.05, 4.69) is 32.4 Å². The third-order valence-electron chi connectivity index (χ3n) is 12.9. The lowest BCUT2D eigenvalue weighted by atomic mass is 9.78. The number of aromatic nitrogens is 4. The summed E-state index contributed by atoms with van der Waals surface area (Å²) in [4.78, 5) is 83.6. The third-order valence-corrected chi connectivity index (χ3v) is 12.9. The van der Waals surface area contributed by atoms with Crippen molar-refractivity contribution in [2.45, 2.75) is 83.3 Å². The van der Waals surface area contributed by atoms with Crippen LogP contribution in [0.3, 0.4) is 0 Å². The molecule has 0 radical (unpaired) electrons. The Hall–Kier alpha value is -6.03. The van der Waals surface area contributed by atoms with E-state index in [1.165, 1.54) is 24.2 Å². The summed E-state index contributed by atoms with van der Waals surface area (Å²) in [6.07, 6.45) is 7.17. The van der Waals surface area contributed by atoms with E-state index in [1.54, 1.807) is 6.20 Å². The van der Waals surface area contributed by atoms with Crippen LogP contribution in [0.1, 0.15) is 88.9 Å². The minimum Gasteiger partial charge on any atom is -0.469 e. The summed E-state index contributed by atoms with van der Waals surface area (Å²) in [6, 6.07) is 14.9. The summed E-state index contributed by atoms with van der Waals surface area (Å²) in [7, 11) is 2.59. The highest BCUT2D eigenvalue weighted by Crippen LogP contribution is 2.49. The van der Waals surface area contributed by atoms with E-state index in [-0.39, 0.29) is 47.9 Å². The quantitative estimate of drug-likeness (QED) is 0.161. The number of H-pyrrole nitrogens is 2. The number of hydrogen-bond donors (Lipinski definition) is 3. The van der Waals surface area contributed by atoms with Crippen molar-refractivity contribution in [1.29, 1.82) is 0 Å². The van der Waals surface area contributed by atoms with Crippen molar-refractivity contribution < 1.29 is 38.2 Å². The number of ether oxygens (including phenoxy) is 3. The lowest BCUT2D eigenvalue weighted by Gasteiger charge is -2.43. The average molecular weight is 835 g/mol. The van der Waals surface area contributed by atoms with Crippen LogP contribution in [-0.4, -0.2) is 111 Å². The van der Waals surface area contributed by atoms with Crippen LogP contribution < -0.4 is 5.32 Å². The highest BCUT2D eigenvalue weighted by molar-refractivity contribution is 5.89. The van der Waals surface area contributed by atoms with Crippen LogP contribution in [0.25, 0.3) is 33.6 Å². The zero-order chi connectivity index (χ0) is 42.8. The van der Waals surface area contributed by atoms with Crippen molar-refractivity contribution in [3.8, 4) is 33.6 Å². The lowest BCUT2D eigenvalue weighted by molar-refractivity contribution is -0.176. The molecule has 4 aliphatic heterocycles. The molecule has 0 saturated carbocycles. The van der Waals surface area contributed by atoms with Crippen LogP contribution in [0, 0.1) is 17.3 Å². The molecule has 4 atom stereocenters. The van der Waals surface area contributed by atoms with Gasteiger partial charge in [-0.3, -0.25) is 24.2 Å². The van der Waals surface area contributed by atoms with Gasteiger partial charge in [0.05, 0.1) is 56.4 Å². The monoisotopic (exact) mass is 834 g/mol. The minimum absolute atomic E-state index is 0.0684. The molecule has 0 bridgehead atoms. The van der Waals surface area contributed by atoms with Crippen LogP contribution in [0.2, 0.25) is 0 Å². The van der Waals surface area contributed by atoms with Gasteiger partial charge in [-0.1, -0.05) is 62.4 Å². The van der Waals surface area contributed by atoms with Crippen LogP contribution in [0.4, 0.5) is 4.79 Å². The van der Waals surface area contributed by atoms with Crippen LogP contribution >= 0.6 is 0 Å². The fraction of sp³-hybridized carbons (Fsp3) is 0.489. The fourth-order valence-electron chi connectivity index (χ4n) is 9.38. The van der Waals surface area contributed by atoms with Gasteiger partial charge >= 0.3 is 12.1 Å². The second-order valence-electron chi connectivity index (χ2n) is 17.0. The summed E-state index contributed by atoms with van der Waals surface area (Å²) in [5, 5.41) is 5.81. The number of imidazole rings is 2. The number of rotatable bonds is 10. The van der Waals surface area contributed by atoms with Gasteiger partial charge in [0.15, 0.2) is 0 Å². The van der Waals surface area contributed by atoms with Gasteiger partial charge in [0.2, 0.25) is 17.7 Å². The molecule has 4 fully saturated rings. The fourth-order valence-corrected chi connectivity index (χ4v) is 9.38. The highest BCUT2D eigenvalue weighted by atomic mass is 16.5. The van der Waals surface area contributed by atoms with Gasteiger partial charge in [0, 0.05) is 32.7 Å².